The SMILES string of the molecule is CC(C)CCOc1ccc(S(=O)(=O)N2C[C@H]3CNC[C@H]3C2)cc1. The van der Waals surface area contributed by atoms with Crippen LogP contribution in [-0.2, 0) is 10.0 Å². The molecule has 5 nitrogen and oxygen atoms in total. The third-order valence-corrected chi connectivity index (χ3v) is 6.63. The number of hydrogen-bond acceptors (Lipinski definition) is 4. The molecule has 0 unspecified atom stereocenters. The molecule has 3 rings (SSSR count). The Morgan fingerprint density at radius 2 is 1.78 bits per heavy atom. The molecule has 2 heterocycles. The van der Waals surface area contributed by atoms with Crippen LogP contribution in [-0.4, -0.2) is 45.5 Å². The van der Waals surface area contributed by atoms with Gasteiger partial charge in [0.05, 0.1) is 11.5 Å². The minimum absolute atomic E-state index is 0.363. The second kappa shape index (κ2) is 6.79. The average Bonchev–Trinajstić information content (AvgIpc) is 3.09. The van der Waals surface area contributed by atoms with Gasteiger partial charge in [-0.05, 0) is 61.5 Å². The summed E-state index contributed by atoms with van der Waals surface area (Å²) in [7, 11) is -3.38. The molecule has 1 N–H and O–H groups in total. The lowest BCUT2D eigenvalue weighted by Crippen LogP contribution is -2.31. The van der Waals surface area contributed by atoms with Gasteiger partial charge in [0.15, 0.2) is 0 Å². The fourth-order valence-electron chi connectivity index (χ4n) is 3.28. The second-order valence-corrected chi connectivity index (χ2v) is 8.94. The Hall–Kier alpha value is -1.11. The van der Waals surface area contributed by atoms with E-state index in [1.165, 1.54) is 0 Å². The number of benzene rings is 1. The Bertz CT molecular complexity index is 616. The van der Waals surface area contributed by atoms with E-state index in [-0.39, 0.29) is 0 Å². The zero-order chi connectivity index (χ0) is 16.4. The second-order valence-electron chi connectivity index (χ2n) is 7.00. The van der Waals surface area contributed by atoms with Crippen molar-refractivity contribution in [1.82, 2.24) is 9.62 Å². The minimum atomic E-state index is -3.38. The highest BCUT2D eigenvalue weighted by atomic mass is 32.2. The van der Waals surface area contributed by atoms with Crippen LogP contribution < -0.4 is 10.1 Å². The van der Waals surface area contributed by atoms with Gasteiger partial charge in [-0.3, -0.25) is 0 Å². The summed E-state index contributed by atoms with van der Waals surface area (Å²) >= 11 is 0. The Morgan fingerprint density at radius 1 is 1.17 bits per heavy atom. The molecule has 0 bridgehead atoms. The topological polar surface area (TPSA) is 58.6 Å². The fraction of sp³-hybridized carbons (Fsp3) is 0.647. The maximum Gasteiger partial charge on any atom is 0.243 e. The van der Waals surface area contributed by atoms with Crippen LogP contribution in [0.25, 0.3) is 0 Å². The van der Waals surface area contributed by atoms with Crippen molar-refractivity contribution in [3.63, 3.8) is 0 Å². The zero-order valence-corrected chi connectivity index (χ0v) is 14.7. The fourth-order valence-corrected chi connectivity index (χ4v) is 4.83. The third kappa shape index (κ3) is 3.70. The average molecular weight is 338 g/mol. The predicted molar refractivity (Wildman–Crippen MR) is 90.0 cm³/mol. The normalized spacial score (nSPS) is 25.0. The molecule has 2 aliphatic heterocycles. The Morgan fingerprint density at radius 3 is 2.35 bits per heavy atom. The molecule has 0 radical (unpaired) electrons. The molecule has 0 aliphatic carbocycles. The van der Waals surface area contributed by atoms with Crippen molar-refractivity contribution in [3.8, 4) is 5.75 Å². The minimum Gasteiger partial charge on any atom is -0.494 e. The third-order valence-electron chi connectivity index (χ3n) is 4.78. The summed E-state index contributed by atoms with van der Waals surface area (Å²) in [5.74, 6) is 2.25. The maximum atomic E-state index is 12.7. The van der Waals surface area contributed by atoms with Gasteiger partial charge in [-0.15, -0.1) is 0 Å². The number of nitrogens with one attached hydrogen (secondary N) is 1. The molecule has 6 heteroatoms. The molecule has 128 valence electrons. The summed E-state index contributed by atoms with van der Waals surface area (Å²) in [6.45, 7) is 8.09. The highest BCUT2D eigenvalue weighted by Gasteiger charge is 2.41. The molecule has 0 saturated carbocycles. The Kier molecular flexibility index (Phi) is 4.94. The van der Waals surface area contributed by atoms with Crippen molar-refractivity contribution in [1.29, 1.82) is 0 Å². The summed E-state index contributed by atoms with van der Waals surface area (Å²) in [6.07, 6.45) is 0.991. The van der Waals surface area contributed by atoms with Crippen molar-refractivity contribution in [2.75, 3.05) is 32.8 Å². The van der Waals surface area contributed by atoms with Crippen LogP contribution in [0.3, 0.4) is 0 Å². The summed E-state index contributed by atoms with van der Waals surface area (Å²) < 4.78 is 32.8. The van der Waals surface area contributed by atoms with Gasteiger partial charge in [0.1, 0.15) is 5.75 Å². The van der Waals surface area contributed by atoms with Crippen LogP contribution >= 0.6 is 0 Å². The molecule has 2 saturated heterocycles. The lowest BCUT2D eigenvalue weighted by atomic mass is 10.0. The maximum absolute atomic E-state index is 12.7. The van der Waals surface area contributed by atoms with Gasteiger partial charge in [0.25, 0.3) is 0 Å². The van der Waals surface area contributed by atoms with Crippen molar-refractivity contribution in [3.05, 3.63) is 24.3 Å². The van der Waals surface area contributed by atoms with Gasteiger partial charge >= 0.3 is 0 Å². The van der Waals surface area contributed by atoms with E-state index in [1.54, 1.807) is 28.6 Å². The van der Waals surface area contributed by atoms with Crippen LogP contribution in [0.2, 0.25) is 0 Å². The summed E-state index contributed by atoms with van der Waals surface area (Å²) in [5, 5.41) is 3.33. The Labute approximate surface area is 139 Å². The molecule has 0 amide bonds. The lowest BCUT2D eigenvalue weighted by molar-refractivity contribution is 0.289. The van der Waals surface area contributed by atoms with Crippen LogP contribution in [0.1, 0.15) is 20.3 Å². The predicted octanol–water partition coefficient (Wildman–Crippen LogP) is 1.95. The van der Waals surface area contributed by atoms with Crippen LogP contribution in [0, 0.1) is 17.8 Å². The first-order valence-electron chi connectivity index (χ1n) is 8.40. The van der Waals surface area contributed by atoms with E-state index < -0.39 is 10.0 Å². The van der Waals surface area contributed by atoms with Gasteiger partial charge < -0.3 is 10.1 Å². The van der Waals surface area contributed by atoms with E-state index in [0.717, 1.165) is 25.3 Å². The van der Waals surface area contributed by atoms with Gasteiger partial charge in [0.2, 0.25) is 10.0 Å². The first kappa shape index (κ1) is 16.7. The monoisotopic (exact) mass is 338 g/mol. The van der Waals surface area contributed by atoms with Gasteiger partial charge in [-0.1, -0.05) is 13.8 Å². The first-order chi connectivity index (χ1) is 11.0. The molecular weight excluding hydrogens is 312 g/mol. The number of hydrogen-bond donors (Lipinski definition) is 1. The van der Waals surface area contributed by atoms with Crippen LogP contribution in [0.15, 0.2) is 29.2 Å². The standard InChI is InChI=1S/C17H26N2O3S/c1-13(2)7-8-22-16-3-5-17(6-4-16)23(20,21)19-11-14-9-18-10-15(14)12-19/h3-6,13-15,18H,7-12H2,1-2H3/t14-,15+. The van der Waals surface area contributed by atoms with E-state index in [9.17, 15) is 8.42 Å². The number of sulfonamides is 1. The van der Waals surface area contributed by atoms with Gasteiger partial charge in [0, 0.05) is 13.1 Å². The van der Waals surface area contributed by atoms with Crippen molar-refractivity contribution >= 4 is 10.0 Å². The van der Waals surface area contributed by atoms with Crippen molar-refractivity contribution < 1.29 is 13.2 Å². The largest absolute Gasteiger partial charge is 0.494 e. The zero-order valence-electron chi connectivity index (χ0n) is 13.9. The summed E-state index contributed by atoms with van der Waals surface area (Å²) in [6, 6.07) is 6.83. The molecule has 1 aromatic rings. The van der Waals surface area contributed by atoms with Crippen LogP contribution in [0.4, 0.5) is 0 Å². The molecule has 23 heavy (non-hydrogen) atoms. The number of fused-ring (bicyclic) bond motifs is 1. The molecule has 0 aromatic heterocycles. The van der Waals surface area contributed by atoms with E-state index in [2.05, 4.69) is 19.2 Å². The molecular formula is C17H26N2O3S. The Balaban J connectivity index is 1.64. The summed E-state index contributed by atoms with van der Waals surface area (Å²) in [5.41, 5.74) is 0. The molecule has 1 aromatic carbocycles. The molecule has 2 atom stereocenters. The lowest BCUT2D eigenvalue weighted by Gasteiger charge is -2.17. The quantitative estimate of drug-likeness (QED) is 0.861. The smallest absolute Gasteiger partial charge is 0.243 e. The van der Waals surface area contributed by atoms with Crippen molar-refractivity contribution in [2.24, 2.45) is 17.8 Å². The van der Waals surface area contributed by atoms with Gasteiger partial charge in [-0.25, -0.2) is 8.42 Å². The number of nitrogens with zero attached hydrogens (tertiary/aromatic N) is 1. The first-order valence-corrected chi connectivity index (χ1v) is 9.84. The number of ether oxygens (including phenoxy) is 1. The van der Waals surface area contributed by atoms with E-state index >= 15 is 0 Å². The molecule has 2 aliphatic rings. The molecule has 0 spiro atoms. The highest BCUT2D eigenvalue weighted by molar-refractivity contribution is 7.89. The molecule has 2 fully saturated rings. The van der Waals surface area contributed by atoms with Crippen LogP contribution in [0.5, 0.6) is 5.75 Å². The number of rotatable bonds is 6. The van der Waals surface area contributed by atoms with E-state index in [4.69, 9.17) is 4.74 Å². The van der Waals surface area contributed by atoms with Gasteiger partial charge in [-0.2, -0.15) is 4.31 Å². The van der Waals surface area contributed by atoms with E-state index in [1.807, 2.05) is 0 Å². The van der Waals surface area contributed by atoms with E-state index in [0.29, 0.717) is 42.3 Å². The summed E-state index contributed by atoms with van der Waals surface area (Å²) in [4.78, 5) is 0.363. The highest BCUT2D eigenvalue weighted by Crippen LogP contribution is 2.31. The van der Waals surface area contributed by atoms with Crippen molar-refractivity contribution in [2.45, 2.75) is 25.2 Å².